The van der Waals surface area contributed by atoms with Crippen molar-refractivity contribution in [2.75, 3.05) is 18.1 Å². The minimum atomic E-state index is -3.76. The first kappa shape index (κ1) is 23.9. The standard InChI is InChI=1S/C24H24N4O4S3/c1-2-32-19-7-3-8-20-22(19)26-24(34-20)27(16-17-10-12-25-13-11-17)23(29)18-6-4-14-28(18)35(30,31)21-9-5-15-33-21/h3,5,7-13,15,18H,2,4,6,14,16H2,1H3. The Bertz CT molecular complexity index is 1420. The fourth-order valence-corrected chi connectivity index (χ4v) is 7.95. The molecule has 35 heavy (non-hydrogen) atoms. The van der Waals surface area contributed by atoms with E-state index in [-0.39, 0.29) is 16.7 Å². The Balaban J connectivity index is 1.54. The molecule has 0 radical (unpaired) electrons. The van der Waals surface area contributed by atoms with Crippen LogP contribution in [0.15, 0.2) is 64.4 Å². The summed E-state index contributed by atoms with van der Waals surface area (Å²) in [5.74, 6) is 0.378. The number of nitrogens with zero attached hydrogens (tertiary/aromatic N) is 4. The van der Waals surface area contributed by atoms with Gasteiger partial charge in [-0.25, -0.2) is 13.4 Å². The number of benzene rings is 1. The van der Waals surface area contributed by atoms with Crippen molar-refractivity contribution in [2.45, 2.75) is 36.6 Å². The Morgan fingerprint density at radius 1 is 1.20 bits per heavy atom. The van der Waals surface area contributed by atoms with Crippen LogP contribution in [0, 0.1) is 0 Å². The van der Waals surface area contributed by atoms with Gasteiger partial charge in [-0.1, -0.05) is 23.5 Å². The summed E-state index contributed by atoms with van der Waals surface area (Å²) < 4.78 is 34.9. The zero-order chi connectivity index (χ0) is 24.4. The number of sulfonamides is 1. The van der Waals surface area contributed by atoms with Crippen molar-refractivity contribution in [1.82, 2.24) is 14.3 Å². The molecule has 5 rings (SSSR count). The van der Waals surface area contributed by atoms with E-state index in [1.54, 1.807) is 34.8 Å². The highest BCUT2D eigenvalue weighted by atomic mass is 32.2. The van der Waals surface area contributed by atoms with Gasteiger partial charge >= 0.3 is 0 Å². The van der Waals surface area contributed by atoms with Gasteiger partial charge in [-0.15, -0.1) is 11.3 Å². The highest BCUT2D eigenvalue weighted by Crippen LogP contribution is 2.37. The second kappa shape index (κ2) is 10.0. The first-order valence-electron chi connectivity index (χ1n) is 11.3. The molecule has 11 heteroatoms. The van der Waals surface area contributed by atoms with Gasteiger partial charge in [-0.05, 0) is 61.0 Å². The summed E-state index contributed by atoms with van der Waals surface area (Å²) >= 11 is 2.55. The first-order valence-corrected chi connectivity index (χ1v) is 14.4. The van der Waals surface area contributed by atoms with E-state index in [9.17, 15) is 13.2 Å². The largest absolute Gasteiger partial charge is 0.492 e. The van der Waals surface area contributed by atoms with E-state index in [2.05, 4.69) is 4.98 Å². The molecule has 4 heterocycles. The van der Waals surface area contributed by atoms with Crippen LogP contribution in [-0.4, -0.2) is 47.8 Å². The molecule has 4 aromatic rings. The number of fused-ring (bicyclic) bond motifs is 1. The number of rotatable bonds is 8. The molecule has 1 saturated heterocycles. The monoisotopic (exact) mass is 528 g/mol. The van der Waals surface area contributed by atoms with E-state index in [1.807, 2.05) is 37.3 Å². The van der Waals surface area contributed by atoms with Crippen LogP contribution in [0.1, 0.15) is 25.3 Å². The Hall–Kier alpha value is -2.86. The predicted molar refractivity (Wildman–Crippen MR) is 137 cm³/mol. The number of aromatic nitrogens is 2. The fraction of sp³-hybridized carbons (Fsp3) is 0.292. The number of hydrogen-bond donors (Lipinski definition) is 0. The molecule has 182 valence electrons. The molecule has 1 amide bonds. The average molecular weight is 529 g/mol. The molecule has 3 aromatic heterocycles. The smallest absolute Gasteiger partial charge is 0.253 e. The normalized spacial score (nSPS) is 16.5. The van der Waals surface area contributed by atoms with Crippen molar-refractivity contribution in [3.8, 4) is 5.75 Å². The van der Waals surface area contributed by atoms with Crippen molar-refractivity contribution in [3.05, 3.63) is 65.8 Å². The quantitative estimate of drug-likeness (QED) is 0.333. The van der Waals surface area contributed by atoms with E-state index >= 15 is 0 Å². The third-order valence-corrected chi connectivity index (χ3v) is 10.1. The minimum absolute atomic E-state index is 0.249. The number of carbonyl (C=O) groups is 1. The number of anilines is 1. The third-order valence-electron chi connectivity index (χ3n) is 5.80. The van der Waals surface area contributed by atoms with Gasteiger partial charge in [0.15, 0.2) is 5.13 Å². The van der Waals surface area contributed by atoms with Crippen LogP contribution in [0.5, 0.6) is 5.75 Å². The van der Waals surface area contributed by atoms with Crippen LogP contribution in [0.2, 0.25) is 0 Å². The summed E-state index contributed by atoms with van der Waals surface area (Å²) in [4.78, 5) is 24.4. The van der Waals surface area contributed by atoms with E-state index in [0.29, 0.717) is 42.4 Å². The lowest BCUT2D eigenvalue weighted by Gasteiger charge is -2.28. The van der Waals surface area contributed by atoms with E-state index in [0.717, 1.165) is 21.6 Å². The summed E-state index contributed by atoms with van der Waals surface area (Å²) in [6.07, 6.45) is 4.43. The molecule has 1 fully saturated rings. The Morgan fingerprint density at radius 2 is 2.03 bits per heavy atom. The fourth-order valence-electron chi connectivity index (χ4n) is 4.19. The van der Waals surface area contributed by atoms with Gasteiger partial charge in [-0.2, -0.15) is 4.31 Å². The van der Waals surface area contributed by atoms with Gasteiger partial charge in [0.25, 0.3) is 10.0 Å². The Labute approximate surface area is 211 Å². The van der Waals surface area contributed by atoms with Gasteiger partial charge in [0.05, 0.1) is 17.9 Å². The molecule has 0 saturated carbocycles. The van der Waals surface area contributed by atoms with E-state index in [4.69, 9.17) is 9.72 Å². The van der Waals surface area contributed by atoms with Gasteiger partial charge in [-0.3, -0.25) is 14.7 Å². The molecule has 1 unspecified atom stereocenters. The number of para-hydroxylation sites is 1. The SMILES string of the molecule is CCOc1cccc2sc(N(Cc3ccncc3)C(=O)C3CCCN3S(=O)(=O)c3cccs3)nc12. The Morgan fingerprint density at radius 3 is 2.77 bits per heavy atom. The van der Waals surface area contributed by atoms with Gasteiger partial charge in [0, 0.05) is 18.9 Å². The second-order valence-corrected chi connectivity index (χ2v) is 12.1. The molecule has 0 aliphatic carbocycles. The van der Waals surface area contributed by atoms with Crippen LogP contribution in [0.4, 0.5) is 5.13 Å². The Kier molecular flexibility index (Phi) is 6.83. The maximum atomic E-state index is 14.0. The number of ether oxygens (including phenoxy) is 1. The molecule has 1 aliphatic rings. The van der Waals surface area contributed by atoms with Crippen molar-refractivity contribution < 1.29 is 17.9 Å². The molecule has 8 nitrogen and oxygen atoms in total. The molecule has 1 atom stereocenters. The van der Waals surface area contributed by atoms with Crippen molar-refractivity contribution in [3.63, 3.8) is 0 Å². The molecule has 1 aliphatic heterocycles. The maximum absolute atomic E-state index is 14.0. The number of amides is 1. The van der Waals surface area contributed by atoms with Crippen LogP contribution in [0.3, 0.4) is 0 Å². The highest BCUT2D eigenvalue weighted by Gasteiger charge is 2.42. The third kappa shape index (κ3) is 4.68. The van der Waals surface area contributed by atoms with Crippen LogP contribution in [0.25, 0.3) is 10.2 Å². The van der Waals surface area contributed by atoms with Crippen LogP contribution >= 0.6 is 22.7 Å². The number of thiophene rings is 1. The van der Waals surface area contributed by atoms with Crippen molar-refractivity contribution >= 4 is 54.0 Å². The summed E-state index contributed by atoms with van der Waals surface area (Å²) in [5.41, 5.74) is 1.57. The maximum Gasteiger partial charge on any atom is 0.253 e. The van der Waals surface area contributed by atoms with Gasteiger partial charge in [0.1, 0.15) is 21.5 Å². The summed E-state index contributed by atoms with van der Waals surface area (Å²) in [7, 11) is -3.76. The molecular weight excluding hydrogens is 504 g/mol. The average Bonchev–Trinajstić information content (AvgIpc) is 3.64. The highest BCUT2D eigenvalue weighted by molar-refractivity contribution is 7.91. The molecule has 0 bridgehead atoms. The lowest BCUT2D eigenvalue weighted by molar-refractivity contribution is -0.121. The summed E-state index contributed by atoms with van der Waals surface area (Å²) in [6.45, 7) is 2.99. The first-order chi connectivity index (χ1) is 17.0. The zero-order valence-corrected chi connectivity index (χ0v) is 21.5. The van der Waals surface area contributed by atoms with E-state index < -0.39 is 16.1 Å². The zero-order valence-electron chi connectivity index (χ0n) is 19.0. The lowest BCUT2D eigenvalue weighted by Crippen LogP contribution is -2.47. The van der Waals surface area contributed by atoms with E-state index in [1.165, 1.54) is 15.6 Å². The summed E-state index contributed by atoms with van der Waals surface area (Å²) in [6, 6.07) is 11.9. The molecule has 0 spiro atoms. The minimum Gasteiger partial charge on any atom is -0.492 e. The number of thiazole rings is 1. The number of pyridine rings is 1. The van der Waals surface area contributed by atoms with Crippen LogP contribution < -0.4 is 9.64 Å². The molecule has 0 N–H and O–H groups in total. The number of hydrogen-bond acceptors (Lipinski definition) is 8. The van der Waals surface area contributed by atoms with Crippen molar-refractivity contribution in [1.29, 1.82) is 0 Å². The molecule has 1 aromatic carbocycles. The summed E-state index contributed by atoms with van der Waals surface area (Å²) in [5, 5.41) is 2.24. The molecular formula is C24H24N4O4S3. The van der Waals surface area contributed by atoms with Gasteiger partial charge in [0.2, 0.25) is 5.91 Å². The second-order valence-electron chi connectivity index (χ2n) is 8.02. The lowest BCUT2D eigenvalue weighted by atomic mass is 10.2. The van der Waals surface area contributed by atoms with Crippen molar-refractivity contribution in [2.24, 2.45) is 0 Å². The van der Waals surface area contributed by atoms with Gasteiger partial charge < -0.3 is 4.74 Å². The topological polar surface area (TPSA) is 92.7 Å². The van der Waals surface area contributed by atoms with Crippen LogP contribution in [-0.2, 0) is 21.4 Å². The number of carbonyl (C=O) groups excluding carboxylic acids is 1. The predicted octanol–water partition coefficient (Wildman–Crippen LogP) is 4.54.